The predicted octanol–water partition coefficient (Wildman–Crippen LogP) is -1.08. The summed E-state index contributed by atoms with van der Waals surface area (Å²) >= 11 is 0. The molecule has 20 heavy (non-hydrogen) atoms. The maximum Gasteiger partial charge on any atom is 0.320 e. The van der Waals surface area contributed by atoms with Gasteiger partial charge in [0.25, 0.3) is 0 Å². The van der Waals surface area contributed by atoms with Gasteiger partial charge in [-0.3, -0.25) is 0 Å². The lowest BCUT2D eigenvalue weighted by Crippen LogP contribution is -2.83. The number of amides is 2. The second-order valence-corrected chi connectivity index (χ2v) is 8.60. The second-order valence-electron chi connectivity index (χ2n) is 6.85. The van der Waals surface area contributed by atoms with Crippen LogP contribution in [0.2, 0.25) is 0 Å². The van der Waals surface area contributed by atoms with E-state index in [1.807, 2.05) is 9.80 Å². The molecule has 2 aliphatic heterocycles. The number of rotatable bonds is 3. The van der Waals surface area contributed by atoms with Gasteiger partial charge in [0.05, 0.1) is 17.8 Å². The van der Waals surface area contributed by atoms with Crippen LogP contribution in [-0.2, 0) is 10.0 Å². The fourth-order valence-electron chi connectivity index (χ4n) is 4.54. The van der Waals surface area contributed by atoms with E-state index in [0.717, 1.165) is 45.4 Å². The van der Waals surface area contributed by atoms with Crippen molar-refractivity contribution in [1.29, 1.82) is 0 Å². The summed E-state index contributed by atoms with van der Waals surface area (Å²) in [5.74, 6) is 0. The van der Waals surface area contributed by atoms with Crippen LogP contribution in [0.5, 0.6) is 0 Å². The molecule has 5 fully saturated rings. The second kappa shape index (κ2) is 3.66. The van der Waals surface area contributed by atoms with Crippen LogP contribution in [0.3, 0.4) is 0 Å². The number of piperazine rings is 1. The lowest BCUT2D eigenvalue weighted by molar-refractivity contribution is -0.145. The van der Waals surface area contributed by atoms with Crippen molar-refractivity contribution in [2.75, 3.05) is 32.4 Å². The Morgan fingerprint density at radius 2 is 2.05 bits per heavy atom. The molecular formula is C12H20N4O3S. The summed E-state index contributed by atoms with van der Waals surface area (Å²) in [6, 6.07) is 0.424. The molecule has 2 N–H and O–H groups in total. The first kappa shape index (κ1) is 12.8. The summed E-state index contributed by atoms with van der Waals surface area (Å²) in [4.78, 5) is 16.4. The zero-order chi connectivity index (χ0) is 14.2. The van der Waals surface area contributed by atoms with Gasteiger partial charge in [-0.15, -0.1) is 0 Å². The van der Waals surface area contributed by atoms with Gasteiger partial charge in [-0.25, -0.2) is 17.9 Å². The molecule has 8 heteroatoms. The van der Waals surface area contributed by atoms with E-state index in [1.54, 1.807) is 0 Å². The summed E-state index contributed by atoms with van der Waals surface area (Å²) in [6.45, 7) is 3.29. The number of carbonyl (C=O) groups is 1. The molecule has 0 radical (unpaired) electrons. The molecule has 1 atom stereocenters. The van der Waals surface area contributed by atoms with Crippen molar-refractivity contribution in [1.82, 2.24) is 19.8 Å². The van der Waals surface area contributed by atoms with Crippen molar-refractivity contribution >= 4 is 16.1 Å². The number of nitrogens with zero attached hydrogens (tertiary/aromatic N) is 2. The third-order valence-corrected chi connectivity index (χ3v) is 6.00. The Balaban J connectivity index is 1.46. The van der Waals surface area contributed by atoms with Crippen molar-refractivity contribution in [3.8, 4) is 0 Å². The molecule has 7 nitrogen and oxygen atoms in total. The average molecular weight is 300 g/mol. The SMILES string of the molecule is CS(=O)(=O)NC12CC(N3C[C@@H]4CNCCN4C3=O)(C1)C2. The normalized spacial score (nSPS) is 43.0. The van der Waals surface area contributed by atoms with Gasteiger partial charge in [-0.1, -0.05) is 0 Å². The van der Waals surface area contributed by atoms with Crippen LogP contribution in [-0.4, -0.2) is 73.8 Å². The standard InChI is InChI=1S/C12H20N4O3S/c1-20(18,19)14-11-6-12(7-11,8-11)16-5-9-4-13-2-3-15(9)10(16)17/h9,13-14H,2-8H2,1H3/t9-,11?,12?/m0/s1. The minimum absolute atomic E-state index is 0.0773. The summed E-state index contributed by atoms with van der Waals surface area (Å²) < 4.78 is 25.4. The molecule has 5 rings (SSSR count). The van der Waals surface area contributed by atoms with Crippen molar-refractivity contribution in [3.63, 3.8) is 0 Å². The molecule has 2 saturated heterocycles. The van der Waals surface area contributed by atoms with Gasteiger partial charge in [0.15, 0.2) is 0 Å². The van der Waals surface area contributed by atoms with Crippen LogP contribution < -0.4 is 10.0 Å². The van der Waals surface area contributed by atoms with Gasteiger partial charge in [0.1, 0.15) is 0 Å². The lowest BCUT2D eigenvalue weighted by Gasteiger charge is -2.72. The van der Waals surface area contributed by atoms with Crippen molar-refractivity contribution in [2.24, 2.45) is 0 Å². The summed E-state index contributed by atoms with van der Waals surface area (Å²) in [7, 11) is -3.16. The van der Waals surface area contributed by atoms with Crippen LogP contribution in [0.4, 0.5) is 4.79 Å². The molecule has 0 unspecified atom stereocenters. The molecule has 0 aromatic rings. The predicted molar refractivity (Wildman–Crippen MR) is 72.8 cm³/mol. The zero-order valence-electron chi connectivity index (χ0n) is 11.6. The van der Waals surface area contributed by atoms with E-state index in [2.05, 4.69) is 10.0 Å². The molecular weight excluding hydrogens is 280 g/mol. The fourth-order valence-corrected chi connectivity index (χ4v) is 5.54. The Hall–Kier alpha value is -0.860. The van der Waals surface area contributed by atoms with Gasteiger partial charge in [0, 0.05) is 31.7 Å². The van der Waals surface area contributed by atoms with E-state index in [-0.39, 0.29) is 23.2 Å². The fraction of sp³-hybridized carbons (Fsp3) is 0.917. The van der Waals surface area contributed by atoms with E-state index in [4.69, 9.17) is 0 Å². The van der Waals surface area contributed by atoms with Gasteiger partial charge < -0.3 is 15.1 Å². The highest BCUT2D eigenvalue weighted by Gasteiger charge is 2.73. The van der Waals surface area contributed by atoms with Crippen LogP contribution in [0.1, 0.15) is 19.3 Å². The van der Waals surface area contributed by atoms with Crippen molar-refractivity contribution in [3.05, 3.63) is 0 Å². The topological polar surface area (TPSA) is 81.8 Å². The third kappa shape index (κ3) is 1.64. The maximum atomic E-state index is 12.5. The number of hydrogen-bond acceptors (Lipinski definition) is 4. The highest BCUT2D eigenvalue weighted by molar-refractivity contribution is 7.88. The third-order valence-electron chi connectivity index (χ3n) is 5.20. The Labute approximate surface area is 118 Å². The monoisotopic (exact) mass is 300 g/mol. The van der Waals surface area contributed by atoms with E-state index in [0.29, 0.717) is 0 Å². The van der Waals surface area contributed by atoms with Crippen LogP contribution in [0.25, 0.3) is 0 Å². The first-order valence-corrected chi connectivity index (χ1v) is 9.00. The summed E-state index contributed by atoms with van der Waals surface area (Å²) in [5.41, 5.74) is -0.346. The zero-order valence-corrected chi connectivity index (χ0v) is 12.4. The van der Waals surface area contributed by atoms with Gasteiger partial charge in [-0.2, -0.15) is 0 Å². The Morgan fingerprint density at radius 1 is 1.35 bits per heavy atom. The number of nitrogens with one attached hydrogen (secondary N) is 2. The van der Waals surface area contributed by atoms with E-state index >= 15 is 0 Å². The van der Waals surface area contributed by atoms with Crippen molar-refractivity contribution < 1.29 is 13.2 Å². The quantitative estimate of drug-likeness (QED) is 0.695. The number of urea groups is 1. The van der Waals surface area contributed by atoms with Crippen LogP contribution in [0.15, 0.2) is 0 Å². The maximum absolute atomic E-state index is 12.5. The smallest absolute Gasteiger partial charge is 0.317 e. The first-order valence-electron chi connectivity index (χ1n) is 7.11. The molecule has 2 heterocycles. The number of hydrogen-bond donors (Lipinski definition) is 2. The van der Waals surface area contributed by atoms with Crippen LogP contribution in [0, 0.1) is 0 Å². The highest BCUT2D eigenvalue weighted by atomic mass is 32.2. The van der Waals surface area contributed by atoms with E-state index in [1.165, 1.54) is 6.26 Å². The number of sulfonamides is 1. The molecule has 0 aromatic carbocycles. The van der Waals surface area contributed by atoms with Gasteiger partial charge in [0.2, 0.25) is 10.0 Å². The van der Waals surface area contributed by atoms with Crippen molar-refractivity contribution in [2.45, 2.75) is 36.4 Å². The molecule has 2 bridgehead atoms. The molecule has 5 aliphatic rings. The lowest BCUT2D eigenvalue weighted by atomic mass is 9.44. The molecule has 112 valence electrons. The molecule has 0 aromatic heterocycles. The summed E-state index contributed by atoms with van der Waals surface area (Å²) in [6.07, 6.45) is 3.51. The number of carbonyl (C=O) groups excluding carboxylic acids is 1. The van der Waals surface area contributed by atoms with E-state index < -0.39 is 10.0 Å². The van der Waals surface area contributed by atoms with E-state index in [9.17, 15) is 13.2 Å². The van der Waals surface area contributed by atoms with Gasteiger partial charge >= 0.3 is 6.03 Å². The highest BCUT2D eigenvalue weighted by Crippen LogP contribution is 2.64. The minimum Gasteiger partial charge on any atom is -0.317 e. The molecule has 3 saturated carbocycles. The molecule has 2 amide bonds. The average Bonchev–Trinajstić information content (AvgIpc) is 2.59. The number of fused-ring (bicyclic) bond motifs is 1. The van der Waals surface area contributed by atoms with Crippen LogP contribution >= 0.6 is 0 Å². The Bertz CT molecular complexity index is 555. The minimum atomic E-state index is -3.16. The summed E-state index contributed by atoms with van der Waals surface area (Å²) in [5, 5.41) is 3.32. The molecule has 3 aliphatic carbocycles. The van der Waals surface area contributed by atoms with Gasteiger partial charge in [-0.05, 0) is 19.3 Å². The first-order chi connectivity index (χ1) is 9.33. The molecule has 0 spiro atoms. The Morgan fingerprint density at radius 3 is 2.65 bits per heavy atom. The Kier molecular flexibility index (Phi) is 2.35. The largest absolute Gasteiger partial charge is 0.320 e.